The maximum atomic E-state index is 13.1. The topological polar surface area (TPSA) is 81.1 Å². The first-order chi connectivity index (χ1) is 14.7. The van der Waals surface area contributed by atoms with Gasteiger partial charge in [0, 0.05) is 19.3 Å². The first kappa shape index (κ1) is 22.5. The Morgan fingerprint density at radius 1 is 1.35 bits per heavy atom. The van der Waals surface area contributed by atoms with Gasteiger partial charge < -0.3 is 24.2 Å². The van der Waals surface area contributed by atoms with Gasteiger partial charge in [-0.05, 0) is 77.3 Å². The number of hydrogen-bond donors (Lipinski definition) is 1. The molecular formula is C24H36N2O5. The van der Waals surface area contributed by atoms with E-state index in [2.05, 4.69) is 11.9 Å². The average molecular weight is 433 g/mol. The van der Waals surface area contributed by atoms with Crippen LogP contribution in [0.2, 0.25) is 0 Å². The highest BCUT2D eigenvalue weighted by Gasteiger charge is 2.53. The summed E-state index contributed by atoms with van der Waals surface area (Å²) in [5.41, 5.74) is -0.609. The molecule has 3 saturated heterocycles. The number of hydrogen-bond acceptors (Lipinski definition) is 6. The normalized spacial score (nSPS) is 30.7. The van der Waals surface area contributed by atoms with E-state index in [1.165, 1.54) is 0 Å². The van der Waals surface area contributed by atoms with E-state index in [1.807, 2.05) is 25.7 Å². The van der Waals surface area contributed by atoms with E-state index in [4.69, 9.17) is 14.2 Å². The lowest BCUT2D eigenvalue weighted by molar-refractivity contribution is -0.271. The molecule has 3 atom stereocenters. The van der Waals surface area contributed by atoms with E-state index in [0.717, 1.165) is 32.1 Å². The molecule has 3 aliphatic heterocycles. The van der Waals surface area contributed by atoms with Crippen LogP contribution in [0.1, 0.15) is 70.2 Å². The van der Waals surface area contributed by atoms with Crippen molar-refractivity contribution < 1.29 is 24.1 Å². The summed E-state index contributed by atoms with van der Waals surface area (Å²) in [7, 11) is 0. The molecule has 3 aliphatic rings. The van der Waals surface area contributed by atoms with Crippen molar-refractivity contribution in [1.29, 1.82) is 0 Å². The van der Waals surface area contributed by atoms with Gasteiger partial charge in [-0.15, -0.1) is 0 Å². The second-order valence-electron chi connectivity index (χ2n) is 10.2. The van der Waals surface area contributed by atoms with Crippen LogP contribution in [0.25, 0.3) is 0 Å². The molecule has 172 valence electrons. The van der Waals surface area contributed by atoms with E-state index in [1.54, 1.807) is 18.3 Å². The number of pyridine rings is 1. The predicted molar refractivity (Wildman–Crippen MR) is 116 cm³/mol. The number of fused-ring (bicyclic) bond motifs is 1. The third kappa shape index (κ3) is 4.45. The van der Waals surface area contributed by atoms with Crippen molar-refractivity contribution >= 4 is 5.91 Å². The van der Waals surface area contributed by atoms with E-state index in [-0.39, 0.29) is 29.1 Å². The first-order valence-corrected chi connectivity index (χ1v) is 11.5. The molecule has 7 heteroatoms. The fraction of sp³-hybridized carbons (Fsp3) is 0.750. The number of nitrogens with zero attached hydrogens (tertiary/aromatic N) is 2. The predicted octanol–water partition coefficient (Wildman–Crippen LogP) is 3.20. The van der Waals surface area contributed by atoms with E-state index in [9.17, 15) is 9.90 Å². The standard InChI is InChI=1S/C24H36N2O5/c1-5-29-20-17(7-6-12-25-20)21(27)26-13-10-24(11-14-26)15-19-23(4,30-16-24)9-8-18(31-19)22(2,3)28/h6-7,12,18-19,28H,5,8-11,13-16H2,1-4H3/t18-,19-,23+/m0/s1. The van der Waals surface area contributed by atoms with Gasteiger partial charge in [-0.2, -0.15) is 0 Å². The summed E-state index contributed by atoms with van der Waals surface area (Å²) in [6.45, 7) is 10.2. The lowest BCUT2D eigenvalue weighted by atomic mass is 9.68. The highest BCUT2D eigenvalue weighted by molar-refractivity contribution is 5.96. The Hall–Kier alpha value is -1.70. The van der Waals surface area contributed by atoms with Crippen LogP contribution < -0.4 is 4.74 Å². The highest BCUT2D eigenvalue weighted by atomic mass is 16.6. The van der Waals surface area contributed by atoms with Crippen LogP contribution in [-0.2, 0) is 9.47 Å². The Morgan fingerprint density at radius 2 is 2.10 bits per heavy atom. The van der Waals surface area contributed by atoms with Crippen LogP contribution >= 0.6 is 0 Å². The molecule has 7 nitrogen and oxygen atoms in total. The maximum absolute atomic E-state index is 13.1. The number of aromatic nitrogens is 1. The molecule has 0 unspecified atom stereocenters. The Bertz CT molecular complexity index is 799. The molecule has 0 bridgehead atoms. The summed E-state index contributed by atoms with van der Waals surface area (Å²) in [5, 5.41) is 10.5. The molecule has 1 amide bonds. The van der Waals surface area contributed by atoms with Crippen molar-refractivity contribution in [2.75, 3.05) is 26.3 Å². The van der Waals surface area contributed by atoms with E-state index in [0.29, 0.717) is 37.7 Å². The van der Waals surface area contributed by atoms with Crippen molar-refractivity contribution in [2.24, 2.45) is 5.41 Å². The molecule has 1 aromatic rings. The van der Waals surface area contributed by atoms with Gasteiger partial charge in [0.2, 0.25) is 5.88 Å². The molecule has 3 fully saturated rings. The molecular weight excluding hydrogens is 396 g/mol. The summed E-state index contributed by atoms with van der Waals surface area (Å²) in [6, 6.07) is 3.56. The molecule has 0 aromatic carbocycles. The van der Waals surface area contributed by atoms with Gasteiger partial charge in [0.25, 0.3) is 5.91 Å². The zero-order valence-electron chi connectivity index (χ0n) is 19.2. The Kier molecular flexibility index (Phi) is 6.05. The van der Waals surface area contributed by atoms with Crippen LogP contribution in [0.15, 0.2) is 18.3 Å². The zero-order valence-corrected chi connectivity index (χ0v) is 19.2. The number of amides is 1. The summed E-state index contributed by atoms with van der Waals surface area (Å²) in [6.07, 6.45) is 5.82. The second kappa shape index (κ2) is 8.34. The van der Waals surface area contributed by atoms with Gasteiger partial charge in [-0.3, -0.25) is 4.79 Å². The summed E-state index contributed by atoms with van der Waals surface area (Å²) < 4.78 is 18.4. The van der Waals surface area contributed by atoms with Gasteiger partial charge in [0.1, 0.15) is 5.56 Å². The fourth-order valence-electron chi connectivity index (χ4n) is 5.22. The summed E-state index contributed by atoms with van der Waals surface area (Å²) in [4.78, 5) is 19.2. The molecule has 1 N–H and O–H groups in total. The molecule has 1 spiro atoms. The van der Waals surface area contributed by atoms with Crippen molar-refractivity contribution in [3.8, 4) is 5.88 Å². The minimum atomic E-state index is -0.857. The Balaban J connectivity index is 1.42. The first-order valence-electron chi connectivity index (χ1n) is 11.5. The van der Waals surface area contributed by atoms with Crippen molar-refractivity contribution in [1.82, 2.24) is 9.88 Å². The number of rotatable bonds is 4. The maximum Gasteiger partial charge on any atom is 0.259 e. The number of likely N-dealkylation sites (tertiary alicyclic amines) is 1. The monoisotopic (exact) mass is 432 g/mol. The van der Waals surface area contributed by atoms with Crippen LogP contribution in [0.3, 0.4) is 0 Å². The molecule has 31 heavy (non-hydrogen) atoms. The largest absolute Gasteiger partial charge is 0.477 e. The van der Waals surface area contributed by atoms with E-state index < -0.39 is 5.60 Å². The quantitative estimate of drug-likeness (QED) is 0.787. The molecule has 0 aliphatic carbocycles. The molecule has 0 radical (unpaired) electrons. The SMILES string of the molecule is CCOc1ncccc1C(=O)N1CCC2(CC1)CO[C@]1(C)CC[C@@H](C(C)(C)O)O[C@H]1C2. The van der Waals surface area contributed by atoms with Crippen molar-refractivity contribution in [3.05, 3.63) is 23.9 Å². The minimum Gasteiger partial charge on any atom is -0.477 e. The molecule has 4 rings (SSSR count). The number of aliphatic hydroxyl groups is 1. The smallest absolute Gasteiger partial charge is 0.259 e. The summed E-state index contributed by atoms with van der Waals surface area (Å²) in [5.74, 6) is 0.379. The Labute approximate surface area is 185 Å². The van der Waals surface area contributed by atoms with Crippen molar-refractivity contribution in [3.63, 3.8) is 0 Å². The van der Waals surface area contributed by atoms with Gasteiger partial charge in [0.05, 0.1) is 36.6 Å². The third-order valence-corrected chi connectivity index (χ3v) is 7.42. The van der Waals surface area contributed by atoms with Crippen LogP contribution in [-0.4, -0.2) is 70.6 Å². The fourth-order valence-corrected chi connectivity index (χ4v) is 5.22. The van der Waals surface area contributed by atoms with Gasteiger partial charge in [0.15, 0.2) is 0 Å². The minimum absolute atomic E-state index is 0.0140. The number of ether oxygens (including phenoxy) is 3. The van der Waals surface area contributed by atoms with Crippen LogP contribution in [0.5, 0.6) is 5.88 Å². The third-order valence-electron chi connectivity index (χ3n) is 7.42. The molecule has 0 saturated carbocycles. The second-order valence-corrected chi connectivity index (χ2v) is 10.2. The average Bonchev–Trinajstić information content (AvgIpc) is 2.74. The summed E-state index contributed by atoms with van der Waals surface area (Å²) >= 11 is 0. The Morgan fingerprint density at radius 3 is 2.77 bits per heavy atom. The van der Waals surface area contributed by atoms with Gasteiger partial charge in [-0.1, -0.05) is 0 Å². The zero-order chi connectivity index (χ0) is 22.3. The van der Waals surface area contributed by atoms with Gasteiger partial charge >= 0.3 is 0 Å². The van der Waals surface area contributed by atoms with Gasteiger partial charge in [-0.25, -0.2) is 4.98 Å². The molecule has 4 heterocycles. The van der Waals surface area contributed by atoms with Crippen molar-refractivity contribution in [2.45, 2.75) is 83.2 Å². The van der Waals surface area contributed by atoms with E-state index >= 15 is 0 Å². The number of carbonyl (C=O) groups excluding carboxylic acids is 1. The van der Waals surface area contributed by atoms with Crippen LogP contribution in [0.4, 0.5) is 0 Å². The van der Waals surface area contributed by atoms with Crippen LogP contribution in [0, 0.1) is 5.41 Å². The lowest BCUT2D eigenvalue weighted by Crippen LogP contribution is -2.61. The molecule has 1 aromatic heterocycles. The highest BCUT2D eigenvalue weighted by Crippen LogP contribution is 2.49. The lowest BCUT2D eigenvalue weighted by Gasteiger charge is -2.56. The number of carbonyl (C=O) groups is 1. The number of piperidine rings is 1.